The quantitative estimate of drug-likeness (QED) is 0.142. The van der Waals surface area contributed by atoms with Gasteiger partial charge in [-0.3, -0.25) is 9.36 Å². The SMILES string of the molecule is CCOc1ccc(/C=N/NC(=O)CSc2nnc(-c3ccc(C(C)(C)C)cc3)n2-c2ccc(C)cc2)cc1OC. The van der Waals surface area contributed by atoms with E-state index in [0.717, 1.165) is 28.2 Å². The summed E-state index contributed by atoms with van der Waals surface area (Å²) in [6, 6.07) is 22.0. The summed E-state index contributed by atoms with van der Waals surface area (Å²) in [6.07, 6.45) is 1.56. The second-order valence-electron chi connectivity index (χ2n) is 10.2. The third-order valence-corrected chi connectivity index (χ3v) is 7.09. The Labute approximate surface area is 239 Å². The molecule has 1 N–H and O–H groups in total. The van der Waals surface area contributed by atoms with Gasteiger partial charge in [-0.25, -0.2) is 5.43 Å². The molecule has 0 saturated heterocycles. The fourth-order valence-corrected chi connectivity index (χ4v) is 4.72. The van der Waals surface area contributed by atoms with Crippen LogP contribution in [0.25, 0.3) is 17.1 Å². The molecule has 0 spiro atoms. The lowest BCUT2D eigenvalue weighted by molar-refractivity contribution is -0.118. The normalized spacial score (nSPS) is 11.6. The van der Waals surface area contributed by atoms with E-state index >= 15 is 0 Å². The molecule has 40 heavy (non-hydrogen) atoms. The van der Waals surface area contributed by atoms with Gasteiger partial charge >= 0.3 is 0 Å². The molecule has 8 nitrogen and oxygen atoms in total. The molecule has 0 fully saturated rings. The fourth-order valence-electron chi connectivity index (χ4n) is 3.98. The number of thioether (sulfide) groups is 1. The van der Waals surface area contributed by atoms with Crippen molar-refractivity contribution in [2.24, 2.45) is 5.10 Å². The van der Waals surface area contributed by atoms with Crippen molar-refractivity contribution in [2.45, 2.75) is 45.2 Å². The van der Waals surface area contributed by atoms with E-state index in [1.807, 2.05) is 54.8 Å². The van der Waals surface area contributed by atoms with Gasteiger partial charge in [0.15, 0.2) is 22.5 Å². The average Bonchev–Trinajstić information content (AvgIpc) is 3.36. The second-order valence-corrected chi connectivity index (χ2v) is 11.2. The molecule has 4 aromatic rings. The zero-order valence-electron chi connectivity index (χ0n) is 23.8. The molecule has 1 heterocycles. The number of aryl methyl sites for hydroxylation is 1. The highest BCUT2D eigenvalue weighted by Gasteiger charge is 2.19. The molecular formula is C31H35N5O3S. The lowest BCUT2D eigenvalue weighted by Gasteiger charge is -2.19. The molecule has 208 valence electrons. The number of aromatic nitrogens is 3. The van der Waals surface area contributed by atoms with Crippen LogP contribution in [0, 0.1) is 6.92 Å². The molecule has 9 heteroatoms. The fraction of sp³-hybridized carbons (Fsp3) is 0.290. The Bertz CT molecular complexity index is 1470. The number of hydrazone groups is 1. The molecule has 0 aliphatic rings. The molecule has 4 rings (SSSR count). The molecule has 0 radical (unpaired) electrons. The first-order valence-electron chi connectivity index (χ1n) is 13.1. The lowest BCUT2D eigenvalue weighted by Crippen LogP contribution is -2.20. The number of rotatable bonds is 10. The predicted molar refractivity (Wildman–Crippen MR) is 161 cm³/mol. The lowest BCUT2D eigenvalue weighted by atomic mass is 9.87. The maximum atomic E-state index is 12.6. The number of nitrogens with zero attached hydrogens (tertiary/aromatic N) is 4. The van der Waals surface area contributed by atoms with Gasteiger partial charge in [-0.15, -0.1) is 10.2 Å². The largest absolute Gasteiger partial charge is 0.493 e. The van der Waals surface area contributed by atoms with Crippen LogP contribution in [0.1, 0.15) is 44.4 Å². The number of methoxy groups -OCH3 is 1. The smallest absolute Gasteiger partial charge is 0.250 e. The van der Waals surface area contributed by atoms with E-state index in [2.05, 4.69) is 65.8 Å². The van der Waals surface area contributed by atoms with E-state index < -0.39 is 0 Å². The maximum absolute atomic E-state index is 12.6. The Kier molecular flexibility index (Phi) is 9.26. The summed E-state index contributed by atoms with van der Waals surface area (Å²) in [4.78, 5) is 12.6. The molecule has 3 aromatic carbocycles. The van der Waals surface area contributed by atoms with Crippen molar-refractivity contribution in [3.63, 3.8) is 0 Å². The Balaban J connectivity index is 1.49. The number of ether oxygens (including phenoxy) is 2. The summed E-state index contributed by atoms with van der Waals surface area (Å²) in [5.74, 6) is 1.84. The van der Waals surface area contributed by atoms with Crippen LogP contribution in [0.2, 0.25) is 0 Å². The number of hydrogen-bond acceptors (Lipinski definition) is 7. The Morgan fingerprint density at radius 1 is 1.02 bits per heavy atom. The van der Waals surface area contributed by atoms with E-state index in [-0.39, 0.29) is 17.1 Å². The van der Waals surface area contributed by atoms with E-state index in [0.29, 0.717) is 23.3 Å². The number of carbonyl (C=O) groups excluding carboxylic acids is 1. The van der Waals surface area contributed by atoms with Crippen LogP contribution in [-0.4, -0.2) is 46.4 Å². The highest BCUT2D eigenvalue weighted by atomic mass is 32.2. The van der Waals surface area contributed by atoms with Crippen LogP contribution in [0.3, 0.4) is 0 Å². The highest BCUT2D eigenvalue weighted by molar-refractivity contribution is 7.99. The van der Waals surface area contributed by atoms with Gasteiger partial charge < -0.3 is 9.47 Å². The van der Waals surface area contributed by atoms with Gasteiger partial charge in [0.1, 0.15) is 0 Å². The first-order valence-corrected chi connectivity index (χ1v) is 14.1. The molecule has 1 aromatic heterocycles. The van der Waals surface area contributed by atoms with Crippen LogP contribution in [-0.2, 0) is 10.2 Å². The second kappa shape index (κ2) is 12.8. The molecule has 0 unspecified atom stereocenters. The van der Waals surface area contributed by atoms with E-state index in [1.165, 1.54) is 17.3 Å². The van der Waals surface area contributed by atoms with E-state index in [9.17, 15) is 4.79 Å². The summed E-state index contributed by atoms with van der Waals surface area (Å²) in [5.41, 5.74) is 7.69. The molecule has 0 saturated carbocycles. The zero-order valence-corrected chi connectivity index (χ0v) is 24.6. The third kappa shape index (κ3) is 7.09. The van der Waals surface area contributed by atoms with Gasteiger partial charge in [0.05, 0.1) is 25.7 Å². The molecule has 0 aliphatic heterocycles. The minimum atomic E-state index is -0.256. The van der Waals surface area contributed by atoms with Crippen molar-refractivity contribution in [1.82, 2.24) is 20.2 Å². The van der Waals surface area contributed by atoms with Gasteiger partial charge in [-0.1, -0.05) is 74.5 Å². The summed E-state index contributed by atoms with van der Waals surface area (Å²) < 4.78 is 12.9. The average molecular weight is 558 g/mol. The number of nitrogens with one attached hydrogen (secondary N) is 1. The molecule has 0 aliphatic carbocycles. The summed E-state index contributed by atoms with van der Waals surface area (Å²) >= 11 is 1.30. The molecule has 0 atom stereocenters. The number of amides is 1. The monoisotopic (exact) mass is 557 g/mol. The summed E-state index contributed by atoms with van der Waals surface area (Å²) in [5, 5.41) is 13.7. The Hall–Kier alpha value is -4.11. The first-order chi connectivity index (χ1) is 19.2. The molecule has 0 bridgehead atoms. The standard InChI is InChI=1S/C31H35N5O3S/c1-7-39-26-17-10-22(18-27(26)38-6)19-32-33-28(37)20-40-30-35-34-29(36(30)25-15-8-21(2)9-16-25)23-11-13-24(14-12-23)31(3,4)5/h8-19H,7,20H2,1-6H3,(H,33,37)/b32-19+. The summed E-state index contributed by atoms with van der Waals surface area (Å²) in [6.45, 7) is 11.1. The third-order valence-electron chi connectivity index (χ3n) is 6.16. The van der Waals surface area contributed by atoms with Crippen LogP contribution in [0.4, 0.5) is 0 Å². The highest BCUT2D eigenvalue weighted by Crippen LogP contribution is 2.30. The van der Waals surface area contributed by atoms with Crippen LogP contribution in [0.5, 0.6) is 11.5 Å². The molecular weight excluding hydrogens is 522 g/mol. The minimum Gasteiger partial charge on any atom is -0.493 e. The van der Waals surface area contributed by atoms with Gasteiger partial charge in [-0.05, 0) is 60.7 Å². The number of benzene rings is 3. The van der Waals surface area contributed by atoms with Crippen molar-refractivity contribution in [3.8, 4) is 28.6 Å². The van der Waals surface area contributed by atoms with Crippen LogP contribution >= 0.6 is 11.8 Å². The molecule has 1 amide bonds. The van der Waals surface area contributed by atoms with Crippen LogP contribution in [0.15, 0.2) is 77.0 Å². The van der Waals surface area contributed by atoms with Gasteiger partial charge in [-0.2, -0.15) is 5.10 Å². The summed E-state index contributed by atoms with van der Waals surface area (Å²) in [7, 11) is 1.58. The van der Waals surface area contributed by atoms with Gasteiger partial charge in [0, 0.05) is 11.3 Å². The van der Waals surface area contributed by atoms with Crippen molar-refractivity contribution in [2.75, 3.05) is 19.5 Å². The predicted octanol–water partition coefficient (Wildman–Crippen LogP) is 6.19. The Morgan fingerprint density at radius 3 is 2.40 bits per heavy atom. The van der Waals surface area contributed by atoms with E-state index in [1.54, 1.807) is 19.4 Å². The van der Waals surface area contributed by atoms with Crippen molar-refractivity contribution >= 4 is 23.9 Å². The van der Waals surface area contributed by atoms with Gasteiger partial charge in [0.2, 0.25) is 0 Å². The Morgan fingerprint density at radius 2 is 1.75 bits per heavy atom. The first kappa shape index (κ1) is 28.9. The minimum absolute atomic E-state index is 0.0546. The maximum Gasteiger partial charge on any atom is 0.250 e. The number of hydrogen-bond donors (Lipinski definition) is 1. The van der Waals surface area contributed by atoms with Crippen molar-refractivity contribution in [1.29, 1.82) is 0 Å². The number of carbonyl (C=O) groups is 1. The van der Waals surface area contributed by atoms with Gasteiger partial charge in [0.25, 0.3) is 5.91 Å². The van der Waals surface area contributed by atoms with E-state index in [4.69, 9.17) is 9.47 Å². The van der Waals surface area contributed by atoms with Crippen LogP contribution < -0.4 is 14.9 Å². The zero-order chi connectivity index (χ0) is 28.7. The van der Waals surface area contributed by atoms with Crippen molar-refractivity contribution < 1.29 is 14.3 Å². The topological polar surface area (TPSA) is 90.6 Å². The van der Waals surface area contributed by atoms with Crippen molar-refractivity contribution in [3.05, 3.63) is 83.4 Å².